The molecule has 1 N–H and O–H groups in total. The van der Waals surface area contributed by atoms with Crippen LogP contribution in [0.25, 0.3) is 0 Å². The van der Waals surface area contributed by atoms with Gasteiger partial charge in [-0.15, -0.1) is 0 Å². The van der Waals surface area contributed by atoms with Gasteiger partial charge in [0, 0.05) is 31.8 Å². The zero-order valence-corrected chi connectivity index (χ0v) is 12.8. The van der Waals surface area contributed by atoms with Crippen LogP contribution in [-0.4, -0.2) is 23.3 Å². The molecule has 0 heterocycles. The molecule has 2 amide bonds. The molecule has 0 atom stereocenters. The Balaban J connectivity index is 2.72. The summed E-state index contributed by atoms with van der Waals surface area (Å²) < 4.78 is 0. The Morgan fingerprint density at radius 1 is 1.29 bits per heavy atom. The van der Waals surface area contributed by atoms with Gasteiger partial charge in [0.1, 0.15) is 0 Å². The van der Waals surface area contributed by atoms with Gasteiger partial charge in [0.25, 0.3) is 0 Å². The number of carbonyl (C=O) groups is 2. The first-order valence-electron chi connectivity index (χ1n) is 7.01. The summed E-state index contributed by atoms with van der Waals surface area (Å²) in [6.07, 6.45) is 6.81. The Bertz CT molecular complexity index is 547. The molecule has 0 bridgehead atoms. The molecule has 0 fully saturated rings. The number of rotatable bonds is 6. The van der Waals surface area contributed by atoms with E-state index in [9.17, 15) is 9.59 Å². The second-order valence-electron chi connectivity index (χ2n) is 4.61. The normalized spacial score (nSPS) is 11.0. The number of hydrogen-bond donors (Lipinski definition) is 1. The van der Waals surface area contributed by atoms with Crippen LogP contribution in [-0.2, 0) is 16.1 Å². The number of allylic oxidation sites excluding steroid dienone is 3. The van der Waals surface area contributed by atoms with Crippen LogP contribution in [0.3, 0.4) is 0 Å². The van der Waals surface area contributed by atoms with Gasteiger partial charge >= 0.3 is 0 Å². The van der Waals surface area contributed by atoms with Crippen LogP contribution < -0.4 is 5.32 Å². The molecule has 4 heteroatoms. The van der Waals surface area contributed by atoms with Gasteiger partial charge in [0.15, 0.2) is 0 Å². The van der Waals surface area contributed by atoms with E-state index in [2.05, 4.69) is 5.32 Å². The zero-order valence-electron chi connectivity index (χ0n) is 12.8. The van der Waals surface area contributed by atoms with Crippen molar-refractivity contribution in [2.75, 3.05) is 11.9 Å². The molecule has 0 aliphatic heterocycles. The van der Waals surface area contributed by atoms with Gasteiger partial charge in [-0.1, -0.05) is 30.4 Å². The minimum Gasteiger partial charge on any atom is -0.339 e. The number of anilines is 1. The lowest BCUT2D eigenvalue weighted by Gasteiger charge is -2.19. The highest BCUT2D eigenvalue weighted by Gasteiger charge is 2.07. The van der Waals surface area contributed by atoms with Crippen molar-refractivity contribution < 1.29 is 9.59 Å². The predicted molar refractivity (Wildman–Crippen MR) is 85.8 cm³/mol. The lowest BCUT2D eigenvalue weighted by molar-refractivity contribution is -0.129. The summed E-state index contributed by atoms with van der Waals surface area (Å²) in [5.41, 5.74) is 1.71. The standard InChI is InChI=1S/C17H22N2O2/c1-4-6-7-11-17(21)18-16-10-8-9-15(12-16)13-19(5-2)14(3)20/h4,6-12H,5,13H2,1-3H3,(H,18,21). The quantitative estimate of drug-likeness (QED) is 0.645. The molecule has 1 aromatic rings. The van der Waals surface area contributed by atoms with Crippen LogP contribution in [0.2, 0.25) is 0 Å². The molecule has 112 valence electrons. The second kappa shape index (κ2) is 8.74. The fourth-order valence-corrected chi connectivity index (χ4v) is 1.85. The van der Waals surface area contributed by atoms with Gasteiger partial charge in [-0.2, -0.15) is 0 Å². The van der Waals surface area contributed by atoms with Gasteiger partial charge in [-0.3, -0.25) is 9.59 Å². The van der Waals surface area contributed by atoms with Crippen molar-refractivity contribution in [1.82, 2.24) is 4.90 Å². The van der Waals surface area contributed by atoms with E-state index in [1.54, 1.807) is 24.0 Å². The van der Waals surface area contributed by atoms with Crippen LogP contribution in [0, 0.1) is 0 Å². The molecule has 0 spiro atoms. The average molecular weight is 286 g/mol. The van der Waals surface area contributed by atoms with E-state index in [0.717, 1.165) is 11.3 Å². The summed E-state index contributed by atoms with van der Waals surface area (Å²) in [6.45, 7) is 6.60. The average Bonchev–Trinajstić information content (AvgIpc) is 2.45. The van der Waals surface area contributed by atoms with Gasteiger partial charge in [-0.25, -0.2) is 0 Å². The minimum absolute atomic E-state index is 0.0428. The number of amides is 2. The predicted octanol–water partition coefficient (Wildman–Crippen LogP) is 3.13. The van der Waals surface area contributed by atoms with E-state index < -0.39 is 0 Å². The number of hydrogen-bond acceptors (Lipinski definition) is 2. The van der Waals surface area contributed by atoms with Crippen molar-refractivity contribution in [3.8, 4) is 0 Å². The van der Waals surface area contributed by atoms with Crippen molar-refractivity contribution in [2.45, 2.75) is 27.3 Å². The summed E-state index contributed by atoms with van der Waals surface area (Å²) in [7, 11) is 0. The number of carbonyl (C=O) groups excluding carboxylic acids is 2. The fourth-order valence-electron chi connectivity index (χ4n) is 1.85. The van der Waals surface area contributed by atoms with Gasteiger partial charge < -0.3 is 10.2 Å². The largest absolute Gasteiger partial charge is 0.339 e. The second-order valence-corrected chi connectivity index (χ2v) is 4.61. The van der Waals surface area contributed by atoms with Crippen LogP contribution in [0.15, 0.2) is 48.6 Å². The summed E-state index contributed by atoms with van der Waals surface area (Å²) in [5, 5.41) is 2.80. The van der Waals surface area contributed by atoms with Crippen molar-refractivity contribution in [3.63, 3.8) is 0 Å². The molecule has 0 aromatic heterocycles. The first-order chi connectivity index (χ1) is 10.1. The molecule has 0 aliphatic carbocycles. The zero-order chi connectivity index (χ0) is 15.7. The molecule has 0 saturated carbocycles. The van der Waals surface area contributed by atoms with E-state index in [1.807, 2.05) is 44.2 Å². The van der Waals surface area contributed by atoms with Crippen molar-refractivity contribution in [1.29, 1.82) is 0 Å². The molecular weight excluding hydrogens is 264 g/mol. The topological polar surface area (TPSA) is 49.4 Å². The van der Waals surface area contributed by atoms with Crippen molar-refractivity contribution >= 4 is 17.5 Å². The Hall–Kier alpha value is -2.36. The first-order valence-corrected chi connectivity index (χ1v) is 7.01. The Morgan fingerprint density at radius 3 is 2.67 bits per heavy atom. The van der Waals surface area contributed by atoms with E-state index >= 15 is 0 Å². The smallest absolute Gasteiger partial charge is 0.248 e. The van der Waals surface area contributed by atoms with Crippen LogP contribution in [0.4, 0.5) is 5.69 Å². The highest BCUT2D eigenvalue weighted by molar-refractivity contribution is 5.99. The maximum Gasteiger partial charge on any atom is 0.248 e. The third-order valence-corrected chi connectivity index (χ3v) is 2.95. The molecule has 0 aliphatic rings. The molecule has 1 rings (SSSR count). The lowest BCUT2D eigenvalue weighted by atomic mass is 10.2. The highest BCUT2D eigenvalue weighted by Crippen LogP contribution is 2.13. The number of nitrogens with zero attached hydrogens (tertiary/aromatic N) is 1. The summed E-state index contributed by atoms with van der Waals surface area (Å²) in [4.78, 5) is 24.9. The monoisotopic (exact) mass is 286 g/mol. The van der Waals surface area contributed by atoms with E-state index in [1.165, 1.54) is 6.08 Å². The summed E-state index contributed by atoms with van der Waals surface area (Å²) in [5.74, 6) is -0.134. The fraction of sp³-hybridized carbons (Fsp3) is 0.294. The van der Waals surface area contributed by atoms with Crippen LogP contribution in [0.1, 0.15) is 26.3 Å². The SMILES string of the molecule is CC=CC=CC(=O)Nc1cccc(CN(CC)C(C)=O)c1. The van der Waals surface area contributed by atoms with E-state index in [4.69, 9.17) is 0 Å². The van der Waals surface area contributed by atoms with Gasteiger partial charge in [-0.05, 0) is 31.5 Å². The third-order valence-electron chi connectivity index (χ3n) is 2.95. The van der Waals surface area contributed by atoms with E-state index in [-0.39, 0.29) is 11.8 Å². The molecule has 0 radical (unpaired) electrons. The Morgan fingerprint density at radius 2 is 2.05 bits per heavy atom. The Kier molecular flexibility index (Phi) is 6.95. The summed E-state index contributed by atoms with van der Waals surface area (Å²) in [6, 6.07) is 7.52. The first kappa shape index (κ1) is 16.7. The van der Waals surface area contributed by atoms with Gasteiger partial charge in [0.05, 0.1) is 0 Å². The molecule has 1 aromatic carbocycles. The Labute approximate surface area is 126 Å². The van der Waals surface area contributed by atoms with Crippen molar-refractivity contribution in [3.05, 3.63) is 54.1 Å². The molecular formula is C17H22N2O2. The summed E-state index contributed by atoms with van der Waals surface area (Å²) >= 11 is 0. The molecule has 0 unspecified atom stereocenters. The third kappa shape index (κ3) is 6.08. The molecule has 0 saturated heterocycles. The number of nitrogens with one attached hydrogen (secondary N) is 1. The van der Waals surface area contributed by atoms with Gasteiger partial charge in [0.2, 0.25) is 11.8 Å². The highest BCUT2D eigenvalue weighted by atomic mass is 16.2. The van der Waals surface area contributed by atoms with Crippen LogP contribution in [0.5, 0.6) is 0 Å². The maximum atomic E-state index is 11.7. The minimum atomic E-state index is -0.177. The van der Waals surface area contributed by atoms with Crippen LogP contribution >= 0.6 is 0 Å². The van der Waals surface area contributed by atoms with E-state index in [0.29, 0.717) is 13.1 Å². The maximum absolute atomic E-state index is 11.7. The number of benzene rings is 1. The molecule has 21 heavy (non-hydrogen) atoms. The lowest BCUT2D eigenvalue weighted by Crippen LogP contribution is -2.27. The van der Waals surface area contributed by atoms with Crippen molar-refractivity contribution in [2.24, 2.45) is 0 Å². The molecule has 4 nitrogen and oxygen atoms in total.